The zero-order chi connectivity index (χ0) is 26.1. The van der Waals surface area contributed by atoms with Gasteiger partial charge in [0.1, 0.15) is 5.75 Å². The lowest BCUT2D eigenvalue weighted by molar-refractivity contribution is -0.121. The molecule has 1 amide bonds. The van der Waals surface area contributed by atoms with E-state index in [1.54, 1.807) is 38.3 Å². The van der Waals surface area contributed by atoms with Gasteiger partial charge in [-0.3, -0.25) is 4.79 Å². The van der Waals surface area contributed by atoms with Crippen LogP contribution in [-0.4, -0.2) is 46.0 Å². The van der Waals surface area contributed by atoms with Crippen LogP contribution in [0.25, 0.3) is 0 Å². The SMILES string of the molecule is CCOc1ccc(S(=O)(=O)N(CC(=O)NCc2ccc(OC)c(OC)c2)Cc2ccccc2)cc1C. The molecular weight excluding hydrogens is 480 g/mol. The van der Waals surface area contributed by atoms with Crippen molar-refractivity contribution in [2.24, 2.45) is 0 Å². The van der Waals surface area contributed by atoms with Gasteiger partial charge in [-0.25, -0.2) is 8.42 Å². The topological polar surface area (TPSA) is 94.2 Å². The highest BCUT2D eigenvalue weighted by atomic mass is 32.2. The van der Waals surface area contributed by atoms with Crippen LogP contribution in [0.15, 0.2) is 71.6 Å². The molecule has 0 aliphatic heterocycles. The van der Waals surface area contributed by atoms with Crippen molar-refractivity contribution in [3.8, 4) is 17.2 Å². The second-order valence-corrected chi connectivity index (χ2v) is 10.0. The van der Waals surface area contributed by atoms with Gasteiger partial charge in [0.15, 0.2) is 11.5 Å². The summed E-state index contributed by atoms with van der Waals surface area (Å²) in [4.78, 5) is 13.0. The Morgan fingerprint density at radius 1 is 0.889 bits per heavy atom. The van der Waals surface area contributed by atoms with Crippen LogP contribution in [0.5, 0.6) is 17.2 Å². The molecule has 3 aromatic rings. The minimum atomic E-state index is -3.97. The van der Waals surface area contributed by atoms with Crippen LogP contribution in [-0.2, 0) is 27.9 Å². The van der Waals surface area contributed by atoms with Crippen molar-refractivity contribution in [3.05, 3.63) is 83.4 Å². The van der Waals surface area contributed by atoms with Crippen LogP contribution in [0.4, 0.5) is 0 Å². The third-order valence-corrected chi connectivity index (χ3v) is 7.33. The van der Waals surface area contributed by atoms with Crippen LogP contribution < -0.4 is 19.5 Å². The summed E-state index contributed by atoms with van der Waals surface area (Å²) in [5.41, 5.74) is 2.27. The van der Waals surface area contributed by atoms with Gasteiger partial charge in [0.25, 0.3) is 0 Å². The van der Waals surface area contributed by atoms with E-state index in [4.69, 9.17) is 14.2 Å². The first-order valence-electron chi connectivity index (χ1n) is 11.5. The highest BCUT2D eigenvalue weighted by Gasteiger charge is 2.27. The molecule has 0 aromatic heterocycles. The fraction of sp³-hybridized carbons (Fsp3) is 0.296. The predicted octanol–water partition coefficient (Wildman–Crippen LogP) is 3.92. The number of ether oxygens (including phenoxy) is 3. The maximum atomic E-state index is 13.6. The van der Waals surface area contributed by atoms with Crippen molar-refractivity contribution in [2.45, 2.75) is 31.8 Å². The van der Waals surface area contributed by atoms with E-state index < -0.39 is 15.9 Å². The van der Waals surface area contributed by atoms with Crippen LogP contribution in [0.3, 0.4) is 0 Å². The monoisotopic (exact) mass is 512 g/mol. The average molecular weight is 513 g/mol. The number of nitrogens with zero attached hydrogens (tertiary/aromatic N) is 1. The molecule has 0 saturated heterocycles. The molecule has 8 nitrogen and oxygen atoms in total. The summed E-state index contributed by atoms with van der Waals surface area (Å²) in [6, 6.07) is 19.2. The second-order valence-electron chi connectivity index (χ2n) is 8.09. The zero-order valence-electron chi connectivity index (χ0n) is 21.0. The van der Waals surface area contributed by atoms with Crippen molar-refractivity contribution in [2.75, 3.05) is 27.4 Å². The molecule has 1 N–H and O–H groups in total. The Morgan fingerprint density at radius 2 is 1.58 bits per heavy atom. The fourth-order valence-corrected chi connectivity index (χ4v) is 5.14. The fourth-order valence-electron chi connectivity index (χ4n) is 3.67. The van der Waals surface area contributed by atoms with Gasteiger partial charge < -0.3 is 19.5 Å². The van der Waals surface area contributed by atoms with Crippen molar-refractivity contribution in [1.82, 2.24) is 9.62 Å². The Hall–Kier alpha value is -3.56. The number of rotatable bonds is 12. The van der Waals surface area contributed by atoms with Gasteiger partial charge in [-0.15, -0.1) is 0 Å². The Bertz CT molecular complexity index is 1280. The average Bonchev–Trinajstić information content (AvgIpc) is 2.88. The van der Waals surface area contributed by atoms with Crippen molar-refractivity contribution >= 4 is 15.9 Å². The van der Waals surface area contributed by atoms with Crippen LogP contribution in [0.2, 0.25) is 0 Å². The van der Waals surface area contributed by atoms with E-state index >= 15 is 0 Å². The number of hydrogen-bond donors (Lipinski definition) is 1. The van der Waals surface area contributed by atoms with E-state index in [1.807, 2.05) is 43.3 Å². The molecule has 0 unspecified atom stereocenters. The molecular formula is C27H32N2O6S. The summed E-state index contributed by atoms with van der Waals surface area (Å²) < 4.78 is 44.5. The van der Waals surface area contributed by atoms with Gasteiger partial charge >= 0.3 is 0 Å². The summed E-state index contributed by atoms with van der Waals surface area (Å²) >= 11 is 0. The molecule has 0 fully saturated rings. The van der Waals surface area contributed by atoms with E-state index in [0.717, 1.165) is 11.1 Å². The van der Waals surface area contributed by atoms with Gasteiger partial charge in [0.05, 0.1) is 32.3 Å². The third-order valence-electron chi connectivity index (χ3n) is 5.54. The van der Waals surface area contributed by atoms with Crippen LogP contribution >= 0.6 is 0 Å². The number of nitrogens with one attached hydrogen (secondary N) is 1. The number of carbonyl (C=O) groups is 1. The molecule has 9 heteroatoms. The van der Waals surface area contributed by atoms with E-state index in [-0.39, 0.29) is 24.5 Å². The molecule has 36 heavy (non-hydrogen) atoms. The predicted molar refractivity (Wildman–Crippen MR) is 138 cm³/mol. The molecule has 0 aliphatic rings. The molecule has 0 spiro atoms. The first-order valence-corrected chi connectivity index (χ1v) is 13.0. The normalized spacial score (nSPS) is 11.2. The highest BCUT2D eigenvalue weighted by Crippen LogP contribution is 2.28. The van der Waals surface area contributed by atoms with Gasteiger partial charge in [-0.1, -0.05) is 36.4 Å². The third kappa shape index (κ3) is 6.77. The number of aryl methyl sites for hydroxylation is 1. The van der Waals surface area contributed by atoms with E-state index in [2.05, 4.69) is 5.32 Å². The molecule has 0 heterocycles. The summed E-state index contributed by atoms with van der Waals surface area (Å²) in [5, 5.41) is 2.80. The molecule has 0 atom stereocenters. The Kier molecular flexibility index (Phi) is 9.32. The van der Waals surface area contributed by atoms with Gasteiger partial charge in [0.2, 0.25) is 15.9 Å². The molecule has 192 valence electrons. The summed E-state index contributed by atoms with van der Waals surface area (Å²) in [5.74, 6) is 1.33. The zero-order valence-corrected chi connectivity index (χ0v) is 21.8. The molecule has 3 rings (SSSR count). The summed E-state index contributed by atoms with van der Waals surface area (Å²) in [7, 11) is -0.885. The van der Waals surface area contributed by atoms with Crippen LogP contribution in [0, 0.1) is 6.92 Å². The standard InChI is InChI=1S/C27H32N2O6S/c1-5-35-24-14-12-23(15-20(24)2)36(31,32)29(18-21-9-7-6-8-10-21)19-27(30)28-17-22-11-13-25(33-3)26(16-22)34-4/h6-16H,5,17-19H2,1-4H3,(H,28,30). The summed E-state index contributed by atoms with van der Waals surface area (Å²) in [6.07, 6.45) is 0. The lowest BCUT2D eigenvalue weighted by Crippen LogP contribution is -2.40. The largest absolute Gasteiger partial charge is 0.494 e. The first kappa shape index (κ1) is 27.0. The smallest absolute Gasteiger partial charge is 0.243 e. The van der Waals surface area contributed by atoms with Gasteiger partial charge in [-0.05, 0) is 60.9 Å². The van der Waals surface area contributed by atoms with Crippen molar-refractivity contribution in [3.63, 3.8) is 0 Å². The van der Waals surface area contributed by atoms with E-state index in [9.17, 15) is 13.2 Å². The Morgan fingerprint density at radius 3 is 2.22 bits per heavy atom. The lowest BCUT2D eigenvalue weighted by Gasteiger charge is -2.22. The number of hydrogen-bond acceptors (Lipinski definition) is 6. The summed E-state index contributed by atoms with van der Waals surface area (Å²) in [6.45, 7) is 4.07. The maximum absolute atomic E-state index is 13.6. The Balaban J connectivity index is 1.80. The van der Waals surface area contributed by atoms with Gasteiger partial charge in [0, 0.05) is 13.1 Å². The second kappa shape index (κ2) is 12.4. The maximum Gasteiger partial charge on any atom is 0.243 e. The molecule has 0 bridgehead atoms. The number of benzene rings is 3. The minimum absolute atomic E-state index is 0.0548. The van der Waals surface area contributed by atoms with E-state index in [1.165, 1.54) is 17.5 Å². The molecule has 0 radical (unpaired) electrons. The minimum Gasteiger partial charge on any atom is -0.494 e. The first-order chi connectivity index (χ1) is 17.3. The van der Waals surface area contributed by atoms with Crippen LogP contribution in [0.1, 0.15) is 23.6 Å². The molecule has 3 aromatic carbocycles. The van der Waals surface area contributed by atoms with Crippen molar-refractivity contribution < 1.29 is 27.4 Å². The highest BCUT2D eigenvalue weighted by molar-refractivity contribution is 7.89. The number of sulfonamides is 1. The molecule has 0 aliphatic carbocycles. The number of methoxy groups -OCH3 is 2. The number of amides is 1. The quantitative estimate of drug-likeness (QED) is 0.395. The van der Waals surface area contributed by atoms with E-state index in [0.29, 0.717) is 29.4 Å². The van der Waals surface area contributed by atoms with Crippen molar-refractivity contribution in [1.29, 1.82) is 0 Å². The molecule has 0 saturated carbocycles. The van der Waals surface area contributed by atoms with Gasteiger partial charge in [-0.2, -0.15) is 4.31 Å². The number of carbonyl (C=O) groups excluding carboxylic acids is 1. The lowest BCUT2D eigenvalue weighted by atomic mass is 10.2. The Labute approximate surface area is 212 Å².